The van der Waals surface area contributed by atoms with Crippen LogP contribution in [0.4, 0.5) is 11.9 Å². The zero-order valence-electron chi connectivity index (χ0n) is 16.3. The lowest BCUT2D eigenvalue weighted by molar-refractivity contribution is 0.415. The van der Waals surface area contributed by atoms with Gasteiger partial charge in [-0.1, -0.05) is 23.7 Å². The minimum Gasteiger partial charge on any atom is -0.497 e. The summed E-state index contributed by atoms with van der Waals surface area (Å²) < 4.78 is 7.31. The third-order valence-electron chi connectivity index (χ3n) is 4.44. The SMILES string of the molecule is COc1ccc(-n2c(-c3ccc(Cl)cc3)cnc2Nc2nc(C)cc(C)n2)cc1. The van der Waals surface area contributed by atoms with Crippen LogP contribution in [0.5, 0.6) is 5.75 Å². The van der Waals surface area contributed by atoms with Crippen LogP contribution in [0.3, 0.4) is 0 Å². The minimum absolute atomic E-state index is 0.505. The molecule has 0 aliphatic heterocycles. The lowest BCUT2D eigenvalue weighted by Crippen LogP contribution is -2.07. The van der Waals surface area contributed by atoms with Gasteiger partial charge < -0.3 is 4.74 Å². The Labute approximate surface area is 174 Å². The molecule has 29 heavy (non-hydrogen) atoms. The normalized spacial score (nSPS) is 10.8. The quantitative estimate of drug-likeness (QED) is 0.484. The molecule has 0 saturated heterocycles. The molecule has 4 rings (SSSR count). The highest BCUT2D eigenvalue weighted by Gasteiger charge is 2.15. The number of aromatic nitrogens is 4. The van der Waals surface area contributed by atoms with E-state index in [0.717, 1.165) is 34.1 Å². The van der Waals surface area contributed by atoms with Crippen LogP contribution in [-0.2, 0) is 0 Å². The van der Waals surface area contributed by atoms with Crippen molar-refractivity contribution in [3.8, 4) is 22.7 Å². The third-order valence-corrected chi connectivity index (χ3v) is 4.69. The molecule has 6 nitrogen and oxygen atoms in total. The number of halogens is 1. The van der Waals surface area contributed by atoms with E-state index in [0.29, 0.717) is 16.9 Å². The number of hydrogen-bond acceptors (Lipinski definition) is 5. The van der Waals surface area contributed by atoms with Crippen LogP contribution in [0, 0.1) is 13.8 Å². The number of anilines is 2. The molecule has 2 aromatic carbocycles. The van der Waals surface area contributed by atoms with Crippen molar-refractivity contribution in [3.63, 3.8) is 0 Å². The summed E-state index contributed by atoms with van der Waals surface area (Å²) in [5, 5.41) is 3.94. The summed E-state index contributed by atoms with van der Waals surface area (Å²) in [5.41, 5.74) is 4.62. The van der Waals surface area contributed by atoms with E-state index >= 15 is 0 Å². The number of hydrogen-bond donors (Lipinski definition) is 1. The van der Waals surface area contributed by atoms with Crippen LogP contribution < -0.4 is 10.1 Å². The Bertz CT molecular complexity index is 1120. The smallest absolute Gasteiger partial charge is 0.229 e. The molecule has 0 saturated carbocycles. The van der Waals surface area contributed by atoms with E-state index in [9.17, 15) is 0 Å². The molecule has 1 N–H and O–H groups in total. The molecule has 0 atom stereocenters. The number of nitrogens with zero attached hydrogens (tertiary/aromatic N) is 4. The van der Waals surface area contributed by atoms with E-state index in [2.05, 4.69) is 20.3 Å². The van der Waals surface area contributed by atoms with Crippen LogP contribution in [0.1, 0.15) is 11.4 Å². The fourth-order valence-corrected chi connectivity index (χ4v) is 3.26. The van der Waals surface area contributed by atoms with Gasteiger partial charge in [0.05, 0.1) is 19.0 Å². The molecule has 0 aliphatic rings. The molecule has 2 heterocycles. The Morgan fingerprint density at radius 2 is 1.59 bits per heavy atom. The Kier molecular flexibility index (Phi) is 5.18. The van der Waals surface area contributed by atoms with E-state index in [-0.39, 0.29) is 0 Å². The maximum Gasteiger partial charge on any atom is 0.229 e. The molecular formula is C22H20ClN5O. The second kappa shape index (κ2) is 7.93. The first-order chi connectivity index (χ1) is 14.0. The predicted octanol–water partition coefficient (Wildman–Crippen LogP) is 5.35. The van der Waals surface area contributed by atoms with Gasteiger partial charge in [0.25, 0.3) is 0 Å². The van der Waals surface area contributed by atoms with Crippen LogP contribution in [-0.4, -0.2) is 26.6 Å². The summed E-state index contributed by atoms with van der Waals surface area (Å²) in [6.07, 6.45) is 1.82. The van der Waals surface area contributed by atoms with Crippen molar-refractivity contribution >= 4 is 23.5 Å². The van der Waals surface area contributed by atoms with Gasteiger partial charge in [0.1, 0.15) is 5.75 Å². The topological polar surface area (TPSA) is 64.9 Å². The van der Waals surface area contributed by atoms with E-state index < -0.39 is 0 Å². The lowest BCUT2D eigenvalue weighted by atomic mass is 10.1. The van der Waals surface area contributed by atoms with Crippen molar-refractivity contribution in [3.05, 3.63) is 77.2 Å². The summed E-state index contributed by atoms with van der Waals surface area (Å²) in [6.45, 7) is 3.88. The van der Waals surface area contributed by atoms with Gasteiger partial charge in [-0.25, -0.2) is 15.0 Å². The molecule has 0 bridgehead atoms. The van der Waals surface area contributed by atoms with Crippen LogP contribution >= 0.6 is 11.6 Å². The third kappa shape index (κ3) is 4.07. The summed E-state index contributed by atoms with van der Waals surface area (Å²) in [5.74, 6) is 1.91. The predicted molar refractivity (Wildman–Crippen MR) is 115 cm³/mol. The standard InChI is InChI=1S/C22H20ClN5O/c1-14-12-15(2)26-21(25-14)27-22-24-13-20(16-4-6-17(23)7-5-16)28(22)18-8-10-19(29-3)11-9-18/h4-13H,1-3H3,(H,24,25,26,27). The number of imidazole rings is 1. The Morgan fingerprint density at radius 3 is 2.21 bits per heavy atom. The van der Waals surface area contributed by atoms with Gasteiger partial charge in [-0.15, -0.1) is 0 Å². The van der Waals surface area contributed by atoms with Crippen molar-refractivity contribution in [2.75, 3.05) is 12.4 Å². The van der Waals surface area contributed by atoms with E-state index in [1.807, 2.05) is 79.2 Å². The van der Waals surface area contributed by atoms with Gasteiger partial charge >= 0.3 is 0 Å². The fraction of sp³-hybridized carbons (Fsp3) is 0.136. The van der Waals surface area contributed by atoms with E-state index in [4.69, 9.17) is 16.3 Å². The fourth-order valence-electron chi connectivity index (χ4n) is 3.14. The maximum atomic E-state index is 6.07. The van der Waals surface area contributed by atoms with Gasteiger partial charge in [0.2, 0.25) is 11.9 Å². The molecule has 4 aromatic rings. The van der Waals surface area contributed by atoms with Crippen molar-refractivity contribution in [1.82, 2.24) is 19.5 Å². The number of aryl methyl sites for hydroxylation is 2. The van der Waals surface area contributed by atoms with Gasteiger partial charge in [0, 0.05) is 27.7 Å². The number of ether oxygens (including phenoxy) is 1. The molecule has 0 aliphatic carbocycles. The highest BCUT2D eigenvalue weighted by atomic mass is 35.5. The van der Waals surface area contributed by atoms with Crippen LogP contribution in [0.25, 0.3) is 16.9 Å². The van der Waals surface area contributed by atoms with Crippen molar-refractivity contribution < 1.29 is 4.74 Å². The van der Waals surface area contributed by atoms with E-state index in [1.54, 1.807) is 7.11 Å². The zero-order valence-corrected chi connectivity index (χ0v) is 17.1. The summed E-state index contributed by atoms with van der Waals surface area (Å²) >= 11 is 6.07. The zero-order chi connectivity index (χ0) is 20.4. The average molecular weight is 406 g/mol. The first-order valence-electron chi connectivity index (χ1n) is 9.11. The first kappa shape index (κ1) is 19.0. The van der Waals surface area contributed by atoms with Crippen molar-refractivity contribution in [2.24, 2.45) is 0 Å². The molecule has 0 radical (unpaired) electrons. The number of methoxy groups -OCH3 is 1. The largest absolute Gasteiger partial charge is 0.497 e. The van der Waals surface area contributed by atoms with E-state index in [1.165, 1.54) is 0 Å². The molecule has 2 aromatic heterocycles. The molecule has 0 unspecified atom stereocenters. The van der Waals surface area contributed by atoms with Crippen molar-refractivity contribution in [2.45, 2.75) is 13.8 Å². The summed E-state index contributed by atoms with van der Waals surface area (Å²) in [6, 6.07) is 17.4. The average Bonchev–Trinajstić information content (AvgIpc) is 3.11. The Morgan fingerprint density at radius 1 is 0.931 bits per heavy atom. The van der Waals surface area contributed by atoms with Gasteiger partial charge in [-0.3, -0.25) is 9.88 Å². The lowest BCUT2D eigenvalue weighted by Gasteiger charge is -2.14. The number of benzene rings is 2. The molecule has 0 amide bonds. The highest BCUT2D eigenvalue weighted by Crippen LogP contribution is 2.30. The second-order valence-corrected chi connectivity index (χ2v) is 7.04. The van der Waals surface area contributed by atoms with Gasteiger partial charge in [-0.2, -0.15) is 0 Å². The Balaban J connectivity index is 1.83. The van der Waals surface area contributed by atoms with Crippen LogP contribution in [0.15, 0.2) is 60.8 Å². The van der Waals surface area contributed by atoms with Crippen molar-refractivity contribution in [1.29, 1.82) is 0 Å². The monoisotopic (exact) mass is 405 g/mol. The number of rotatable bonds is 5. The maximum absolute atomic E-state index is 6.07. The molecule has 0 spiro atoms. The molecular weight excluding hydrogens is 386 g/mol. The van der Waals surface area contributed by atoms with Crippen LogP contribution in [0.2, 0.25) is 5.02 Å². The minimum atomic E-state index is 0.505. The van der Waals surface area contributed by atoms with Gasteiger partial charge in [0.15, 0.2) is 0 Å². The number of nitrogens with one attached hydrogen (secondary N) is 1. The second-order valence-electron chi connectivity index (χ2n) is 6.61. The molecule has 146 valence electrons. The molecule has 7 heteroatoms. The first-order valence-corrected chi connectivity index (χ1v) is 9.49. The summed E-state index contributed by atoms with van der Waals surface area (Å²) in [4.78, 5) is 13.5. The van der Waals surface area contributed by atoms with Gasteiger partial charge in [-0.05, 0) is 56.3 Å². The Hall–Kier alpha value is -3.38. The highest BCUT2D eigenvalue weighted by molar-refractivity contribution is 6.30. The molecule has 0 fully saturated rings. The summed E-state index contributed by atoms with van der Waals surface area (Å²) in [7, 11) is 1.65.